The lowest BCUT2D eigenvalue weighted by atomic mass is 10.0. The van der Waals surface area contributed by atoms with Gasteiger partial charge in [-0.25, -0.2) is 4.79 Å². The van der Waals surface area contributed by atoms with Gasteiger partial charge in [0.2, 0.25) is 0 Å². The number of hydrogen-bond acceptors (Lipinski definition) is 5. The quantitative estimate of drug-likeness (QED) is 0.475. The van der Waals surface area contributed by atoms with Crippen molar-refractivity contribution >= 4 is 32.7 Å². The summed E-state index contributed by atoms with van der Waals surface area (Å²) in [6.45, 7) is 3.95. The zero-order chi connectivity index (χ0) is 22.0. The van der Waals surface area contributed by atoms with Crippen LogP contribution in [0.2, 0.25) is 0 Å². The van der Waals surface area contributed by atoms with Crippen LogP contribution in [0, 0.1) is 6.92 Å². The molecule has 0 spiro atoms. The fourth-order valence-corrected chi connectivity index (χ4v) is 4.25. The minimum atomic E-state index is -0.462. The molecule has 0 N–H and O–H groups in total. The van der Waals surface area contributed by atoms with E-state index >= 15 is 0 Å². The molecule has 0 saturated carbocycles. The number of carbonyl (C=O) groups is 1. The summed E-state index contributed by atoms with van der Waals surface area (Å²) >= 11 is 3.39. The molecule has 0 unspecified atom stereocenters. The number of nitrogens with zero attached hydrogens (tertiary/aromatic N) is 1. The Morgan fingerprint density at radius 3 is 2.55 bits per heavy atom. The zero-order valence-corrected chi connectivity index (χ0v) is 19.4. The molecule has 4 rings (SSSR count). The third-order valence-electron chi connectivity index (χ3n) is 5.83. The molecule has 0 atom stereocenters. The highest BCUT2D eigenvalue weighted by molar-refractivity contribution is 9.10. The summed E-state index contributed by atoms with van der Waals surface area (Å²) < 4.78 is 12.8. The van der Waals surface area contributed by atoms with E-state index in [1.165, 1.54) is 0 Å². The number of Topliss-reactive ketones (excluding diaryl/α,β-unsaturated/α-hetero) is 1. The van der Waals surface area contributed by atoms with Gasteiger partial charge in [0.25, 0.3) is 0 Å². The molecule has 0 radical (unpaired) electrons. The minimum absolute atomic E-state index is 0.0204. The summed E-state index contributed by atoms with van der Waals surface area (Å²) in [4.78, 5) is 27.4. The zero-order valence-electron chi connectivity index (χ0n) is 17.8. The van der Waals surface area contributed by atoms with Crippen LogP contribution in [0.3, 0.4) is 0 Å². The van der Waals surface area contributed by atoms with Gasteiger partial charge in [0, 0.05) is 46.9 Å². The molecule has 5 nitrogen and oxygen atoms in total. The van der Waals surface area contributed by atoms with Crippen LogP contribution in [0.15, 0.2) is 56.1 Å². The Labute approximate surface area is 190 Å². The number of ketones is 1. The average molecular weight is 484 g/mol. The number of carbonyl (C=O) groups excluding carboxylic acids is 1. The van der Waals surface area contributed by atoms with Crippen LogP contribution in [0.1, 0.15) is 29.5 Å². The summed E-state index contributed by atoms with van der Waals surface area (Å²) in [6.07, 6.45) is 2.48. The number of ether oxygens (including phenoxy) is 1. The Morgan fingerprint density at radius 1 is 1.13 bits per heavy atom. The number of rotatable bonds is 6. The molecular formula is C25H26BrNO4. The number of likely N-dealkylation sites (tertiary alicyclic amines) is 1. The lowest BCUT2D eigenvalue weighted by molar-refractivity contribution is -0.117. The first-order valence-electron chi connectivity index (χ1n) is 10.6. The molecule has 0 bridgehead atoms. The normalized spacial score (nSPS) is 15.3. The molecule has 1 saturated heterocycles. The first kappa shape index (κ1) is 21.8. The van der Waals surface area contributed by atoms with Crippen molar-refractivity contribution in [1.29, 1.82) is 0 Å². The molecule has 3 aromatic rings. The highest BCUT2D eigenvalue weighted by Crippen LogP contribution is 2.29. The van der Waals surface area contributed by atoms with Crippen molar-refractivity contribution in [2.75, 3.05) is 20.1 Å². The van der Waals surface area contributed by atoms with Gasteiger partial charge in [-0.1, -0.05) is 28.1 Å². The predicted molar refractivity (Wildman–Crippen MR) is 125 cm³/mol. The van der Waals surface area contributed by atoms with E-state index in [1.54, 1.807) is 6.07 Å². The van der Waals surface area contributed by atoms with Crippen LogP contribution in [0.4, 0.5) is 0 Å². The second-order valence-electron chi connectivity index (χ2n) is 8.31. The van der Waals surface area contributed by atoms with E-state index in [0.717, 1.165) is 52.7 Å². The van der Waals surface area contributed by atoms with E-state index in [0.29, 0.717) is 11.1 Å². The van der Waals surface area contributed by atoms with E-state index in [9.17, 15) is 9.59 Å². The molecule has 2 heterocycles. The standard InChI is InChI=1S/C25H26BrNO4/c1-16-23(30-22-9-11-27(2)12-10-22)8-5-18-14-19(25(29)31-24(16)18)15-21(28)13-17-3-6-20(26)7-4-17/h3-8,14,22H,9-13,15H2,1-2H3. The first-order chi connectivity index (χ1) is 14.9. The lowest BCUT2D eigenvalue weighted by Gasteiger charge is -2.29. The monoisotopic (exact) mass is 483 g/mol. The first-order valence-corrected chi connectivity index (χ1v) is 11.4. The SMILES string of the molecule is Cc1c(OC2CCN(C)CC2)ccc2cc(CC(=O)Cc3ccc(Br)cc3)c(=O)oc12. The van der Waals surface area contributed by atoms with E-state index < -0.39 is 5.63 Å². The molecular weight excluding hydrogens is 458 g/mol. The van der Waals surface area contributed by atoms with Crippen molar-refractivity contribution in [2.24, 2.45) is 0 Å². The third-order valence-corrected chi connectivity index (χ3v) is 6.36. The Kier molecular flexibility index (Phi) is 6.58. The van der Waals surface area contributed by atoms with Gasteiger partial charge >= 0.3 is 5.63 Å². The van der Waals surface area contributed by atoms with Crippen molar-refractivity contribution in [2.45, 2.75) is 38.7 Å². The second kappa shape index (κ2) is 9.37. The number of halogens is 1. The Morgan fingerprint density at radius 2 is 1.84 bits per heavy atom. The van der Waals surface area contributed by atoms with E-state index in [2.05, 4.69) is 27.9 Å². The van der Waals surface area contributed by atoms with Gasteiger partial charge in [0.05, 0.1) is 0 Å². The molecule has 1 aliphatic rings. The van der Waals surface area contributed by atoms with Crippen molar-refractivity contribution in [3.05, 3.63) is 74.0 Å². The Hall–Kier alpha value is -2.44. The third kappa shape index (κ3) is 5.25. The molecule has 6 heteroatoms. The molecule has 162 valence electrons. The topological polar surface area (TPSA) is 59.8 Å². The van der Waals surface area contributed by atoms with Gasteiger partial charge in [-0.2, -0.15) is 0 Å². The Bertz CT molecular complexity index is 1140. The fourth-order valence-electron chi connectivity index (χ4n) is 3.99. The van der Waals surface area contributed by atoms with Crippen molar-refractivity contribution in [3.63, 3.8) is 0 Å². The number of aryl methyl sites for hydroxylation is 1. The molecule has 1 fully saturated rings. The van der Waals surface area contributed by atoms with Gasteiger partial charge in [-0.3, -0.25) is 4.79 Å². The van der Waals surface area contributed by atoms with Gasteiger partial charge in [0.15, 0.2) is 0 Å². The van der Waals surface area contributed by atoms with Gasteiger partial charge in [-0.15, -0.1) is 0 Å². The summed E-state index contributed by atoms with van der Waals surface area (Å²) in [6, 6.07) is 13.2. The highest BCUT2D eigenvalue weighted by atomic mass is 79.9. The molecule has 1 aliphatic heterocycles. The van der Waals surface area contributed by atoms with Crippen molar-refractivity contribution in [3.8, 4) is 5.75 Å². The van der Waals surface area contributed by atoms with Crippen LogP contribution < -0.4 is 10.4 Å². The molecule has 0 aliphatic carbocycles. The highest BCUT2D eigenvalue weighted by Gasteiger charge is 2.20. The second-order valence-corrected chi connectivity index (χ2v) is 9.22. The molecule has 0 amide bonds. The largest absolute Gasteiger partial charge is 0.490 e. The number of hydrogen-bond donors (Lipinski definition) is 0. The van der Waals surface area contributed by atoms with E-state index in [4.69, 9.17) is 9.15 Å². The van der Waals surface area contributed by atoms with E-state index in [-0.39, 0.29) is 24.7 Å². The van der Waals surface area contributed by atoms with Crippen molar-refractivity contribution < 1.29 is 13.9 Å². The maximum Gasteiger partial charge on any atom is 0.339 e. The van der Waals surface area contributed by atoms with Gasteiger partial charge < -0.3 is 14.1 Å². The number of fused-ring (bicyclic) bond motifs is 1. The summed E-state index contributed by atoms with van der Waals surface area (Å²) in [5, 5.41) is 0.805. The summed E-state index contributed by atoms with van der Waals surface area (Å²) in [7, 11) is 2.12. The summed E-state index contributed by atoms with van der Waals surface area (Å²) in [5.41, 5.74) is 2.19. The van der Waals surface area contributed by atoms with Crippen LogP contribution in [0.25, 0.3) is 11.0 Å². The number of benzene rings is 2. The van der Waals surface area contributed by atoms with Crippen LogP contribution >= 0.6 is 15.9 Å². The Balaban J connectivity index is 1.51. The smallest absolute Gasteiger partial charge is 0.339 e. The van der Waals surface area contributed by atoms with Crippen LogP contribution in [-0.4, -0.2) is 36.9 Å². The van der Waals surface area contributed by atoms with Gasteiger partial charge in [0.1, 0.15) is 23.2 Å². The number of piperidine rings is 1. The van der Waals surface area contributed by atoms with Crippen molar-refractivity contribution in [1.82, 2.24) is 4.90 Å². The van der Waals surface area contributed by atoms with E-state index in [1.807, 2.05) is 43.3 Å². The average Bonchev–Trinajstić information content (AvgIpc) is 2.74. The lowest BCUT2D eigenvalue weighted by Crippen LogP contribution is -2.35. The van der Waals surface area contributed by atoms with Crippen LogP contribution in [0.5, 0.6) is 5.75 Å². The summed E-state index contributed by atoms with van der Waals surface area (Å²) in [5.74, 6) is 0.734. The van der Waals surface area contributed by atoms with Gasteiger partial charge in [-0.05, 0) is 62.7 Å². The van der Waals surface area contributed by atoms with Crippen LogP contribution in [-0.2, 0) is 17.6 Å². The molecule has 2 aromatic carbocycles. The fraction of sp³-hybridized carbons (Fsp3) is 0.360. The predicted octanol–water partition coefficient (Wildman–Crippen LogP) is 4.69. The molecule has 31 heavy (non-hydrogen) atoms. The maximum absolute atomic E-state index is 12.6. The maximum atomic E-state index is 12.6. The molecule has 1 aromatic heterocycles. The minimum Gasteiger partial charge on any atom is -0.490 e.